The SMILES string of the molecule is Cc1c(C#N)c(NC(=O)CN2CCN(C(=O)CC(C)C)CC2)n(Cc2ccc(F)cc2)c1C. The van der Waals surface area contributed by atoms with E-state index in [0.29, 0.717) is 56.4 Å². The molecule has 0 atom stereocenters. The van der Waals surface area contributed by atoms with E-state index in [9.17, 15) is 19.2 Å². The van der Waals surface area contributed by atoms with Gasteiger partial charge in [0.1, 0.15) is 17.7 Å². The van der Waals surface area contributed by atoms with Gasteiger partial charge in [-0.15, -0.1) is 0 Å². The van der Waals surface area contributed by atoms with Crippen molar-refractivity contribution in [2.45, 2.75) is 40.7 Å². The lowest BCUT2D eigenvalue weighted by molar-refractivity contribution is -0.133. The topological polar surface area (TPSA) is 81.4 Å². The molecule has 8 heteroatoms. The van der Waals surface area contributed by atoms with Gasteiger partial charge in [0.25, 0.3) is 0 Å². The number of carbonyl (C=O) groups excluding carboxylic acids is 2. The van der Waals surface area contributed by atoms with Gasteiger partial charge in [-0.25, -0.2) is 4.39 Å². The van der Waals surface area contributed by atoms with Crippen molar-refractivity contribution in [3.05, 3.63) is 52.5 Å². The number of benzene rings is 1. The molecule has 33 heavy (non-hydrogen) atoms. The van der Waals surface area contributed by atoms with Crippen LogP contribution in [-0.2, 0) is 16.1 Å². The maximum atomic E-state index is 13.3. The van der Waals surface area contributed by atoms with Gasteiger partial charge in [-0.05, 0) is 43.0 Å². The molecule has 0 unspecified atom stereocenters. The highest BCUT2D eigenvalue weighted by molar-refractivity contribution is 5.93. The molecule has 0 bridgehead atoms. The Kier molecular flexibility index (Phi) is 7.88. The zero-order valence-corrected chi connectivity index (χ0v) is 19.8. The minimum absolute atomic E-state index is 0.164. The molecule has 1 N–H and O–H groups in total. The van der Waals surface area contributed by atoms with Gasteiger partial charge in [-0.1, -0.05) is 26.0 Å². The summed E-state index contributed by atoms with van der Waals surface area (Å²) in [7, 11) is 0. The Bertz CT molecular complexity index is 1040. The van der Waals surface area contributed by atoms with E-state index >= 15 is 0 Å². The lowest BCUT2D eigenvalue weighted by atomic mass is 10.1. The molecule has 0 aliphatic carbocycles. The summed E-state index contributed by atoms with van der Waals surface area (Å²) in [5, 5.41) is 12.6. The predicted molar refractivity (Wildman–Crippen MR) is 125 cm³/mol. The van der Waals surface area contributed by atoms with Gasteiger partial charge in [0.05, 0.1) is 12.1 Å². The first-order valence-electron chi connectivity index (χ1n) is 11.3. The Morgan fingerprint density at radius 2 is 1.76 bits per heavy atom. The van der Waals surface area contributed by atoms with E-state index in [1.165, 1.54) is 12.1 Å². The number of nitrogens with one attached hydrogen (secondary N) is 1. The summed E-state index contributed by atoms with van der Waals surface area (Å²) >= 11 is 0. The van der Waals surface area contributed by atoms with Crippen LogP contribution in [0.25, 0.3) is 0 Å². The highest BCUT2D eigenvalue weighted by Crippen LogP contribution is 2.27. The molecule has 3 rings (SSSR count). The van der Waals surface area contributed by atoms with Crippen LogP contribution in [0, 0.1) is 36.9 Å². The molecular weight excluding hydrogens is 421 g/mol. The second-order valence-corrected chi connectivity index (χ2v) is 9.06. The third-order valence-electron chi connectivity index (χ3n) is 6.13. The molecule has 1 aliphatic rings. The largest absolute Gasteiger partial charge is 0.340 e. The van der Waals surface area contributed by atoms with Crippen LogP contribution >= 0.6 is 0 Å². The summed E-state index contributed by atoms with van der Waals surface area (Å²) in [5.74, 6) is 0.446. The smallest absolute Gasteiger partial charge is 0.239 e. The Hall–Kier alpha value is -3.18. The second-order valence-electron chi connectivity index (χ2n) is 9.06. The Labute approximate surface area is 194 Å². The summed E-state index contributed by atoms with van der Waals surface area (Å²) in [6.07, 6.45) is 0.543. The van der Waals surface area contributed by atoms with E-state index < -0.39 is 0 Å². The van der Waals surface area contributed by atoms with Crippen LogP contribution in [-0.4, -0.2) is 58.9 Å². The van der Waals surface area contributed by atoms with Crippen LogP contribution in [0.2, 0.25) is 0 Å². The maximum absolute atomic E-state index is 13.3. The van der Waals surface area contributed by atoms with E-state index in [-0.39, 0.29) is 24.2 Å². The van der Waals surface area contributed by atoms with E-state index in [1.54, 1.807) is 12.1 Å². The fraction of sp³-hybridized carbons (Fsp3) is 0.480. The van der Waals surface area contributed by atoms with Crippen LogP contribution < -0.4 is 5.32 Å². The number of halogens is 1. The van der Waals surface area contributed by atoms with Crippen molar-refractivity contribution in [1.82, 2.24) is 14.4 Å². The van der Waals surface area contributed by atoms with Crippen LogP contribution in [0.5, 0.6) is 0 Å². The van der Waals surface area contributed by atoms with Gasteiger partial charge in [0.15, 0.2) is 0 Å². The van der Waals surface area contributed by atoms with Crippen LogP contribution in [0.1, 0.15) is 42.7 Å². The third kappa shape index (κ3) is 5.99. The first kappa shape index (κ1) is 24.5. The minimum atomic E-state index is -0.309. The standard InChI is InChI=1S/C25H32FN5O2/c1-17(2)13-24(33)30-11-9-29(10-12-30)16-23(32)28-25-22(14-27)18(3)19(4)31(25)15-20-5-7-21(26)8-6-20/h5-8,17H,9-13,15-16H2,1-4H3,(H,28,32). The van der Waals surface area contributed by atoms with Crippen LogP contribution in [0.15, 0.2) is 24.3 Å². The maximum Gasteiger partial charge on any atom is 0.239 e. The summed E-state index contributed by atoms with van der Waals surface area (Å²) in [4.78, 5) is 29.0. The third-order valence-corrected chi connectivity index (χ3v) is 6.13. The summed E-state index contributed by atoms with van der Waals surface area (Å²) in [5.41, 5.74) is 3.00. The van der Waals surface area contributed by atoms with Crippen LogP contribution in [0.4, 0.5) is 10.2 Å². The molecule has 0 saturated carbocycles. The lowest BCUT2D eigenvalue weighted by Crippen LogP contribution is -2.50. The quantitative estimate of drug-likeness (QED) is 0.698. The van der Waals surface area contributed by atoms with Gasteiger partial charge < -0.3 is 14.8 Å². The van der Waals surface area contributed by atoms with Gasteiger partial charge in [0.2, 0.25) is 11.8 Å². The number of anilines is 1. The number of carbonyl (C=O) groups is 2. The van der Waals surface area contributed by atoms with Gasteiger partial charge in [0, 0.05) is 44.8 Å². The first-order chi connectivity index (χ1) is 15.7. The number of nitrogens with zero attached hydrogens (tertiary/aromatic N) is 4. The molecule has 176 valence electrons. The van der Waals surface area contributed by atoms with Crippen molar-refractivity contribution >= 4 is 17.6 Å². The van der Waals surface area contributed by atoms with Gasteiger partial charge in [-0.3, -0.25) is 14.5 Å². The number of nitriles is 1. The molecule has 2 heterocycles. The zero-order chi connectivity index (χ0) is 24.1. The summed E-state index contributed by atoms with van der Waals surface area (Å²) in [6, 6.07) is 8.40. The molecule has 1 aromatic heterocycles. The number of piperazine rings is 1. The molecule has 0 spiro atoms. The molecule has 2 amide bonds. The average molecular weight is 454 g/mol. The molecule has 0 radical (unpaired) electrons. The van der Waals surface area contributed by atoms with Crippen molar-refractivity contribution in [1.29, 1.82) is 5.26 Å². The molecule has 1 aromatic carbocycles. The molecule has 1 saturated heterocycles. The number of rotatable bonds is 7. The van der Waals surface area contributed by atoms with Crippen molar-refractivity contribution < 1.29 is 14.0 Å². The fourth-order valence-corrected chi connectivity index (χ4v) is 4.11. The van der Waals surface area contributed by atoms with E-state index in [4.69, 9.17) is 0 Å². The Morgan fingerprint density at radius 1 is 1.12 bits per heavy atom. The Balaban J connectivity index is 1.67. The molecular formula is C25H32FN5O2. The zero-order valence-electron chi connectivity index (χ0n) is 19.8. The monoisotopic (exact) mass is 453 g/mol. The van der Waals surface area contributed by atoms with E-state index in [2.05, 4.69) is 11.4 Å². The highest BCUT2D eigenvalue weighted by Gasteiger charge is 2.24. The van der Waals surface area contributed by atoms with E-state index in [0.717, 1.165) is 16.8 Å². The van der Waals surface area contributed by atoms with Crippen molar-refractivity contribution in [2.24, 2.45) is 5.92 Å². The van der Waals surface area contributed by atoms with Crippen molar-refractivity contribution in [2.75, 3.05) is 38.0 Å². The number of amides is 2. The molecule has 1 aliphatic heterocycles. The fourth-order valence-electron chi connectivity index (χ4n) is 4.11. The number of hydrogen-bond acceptors (Lipinski definition) is 4. The average Bonchev–Trinajstić information content (AvgIpc) is 2.98. The Morgan fingerprint density at radius 3 is 2.33 bits per heavy atom. The minimum Gasteiger partial charge on any atom is -0.340 e. The lowest BCUT2D eigenvalue weighted by Gasteiger charge is -2.34. The molecule has 1 fully saturated rings. The number of aromatic nitrogens is 1. The number of hydrogen-bond donors (Lipinski definition) is 1. The van der Waals surface area contributed by atoms with Crippen molar-refractivity contribution in [3.63, 3.8) is 0 Å². The second kappa shape index (κ2) is 10.6. The summed E-state index contributed by atoms with van der Waals surface area (Å²) < 4.78 is 15.2. The summed E-state index contributed by atoms with van der Waals surface area (Å²) in [6.45, 7) is 10.9. The van der Waals surface area contributed by atoms with Crippen LogP contribution in [0.3, 0.4) is 0 Å². The molecule has 7 nitrogen and oxygen atoms in total. The van der Waals surface area contributed by atoms with Crippen molar-refractivity contribution in [3.8, 4) is 6.07 Å². The predicted octanol–water partition coefficient (Wildman–Crippen LogP) is 3.29. The first-order valence-corrected chi connectivity index (χ1v) is 11.3. The van der Waals surface area contributed by atoms with Gasteiger partial charge in [-0.2, -0.15) is 5.26 Å². The van der Waals surface area contributed by atoms with E-state index in [1.807, 2.05) is 42.1 Å². The van der Waals surface area contributed by atoms with Gasteiger partial charge >= 0.3 is 0 Å². The normalized spacial score (nSPS) is 14.4. The highest BCUT2D eigenvalue weighted by atomic mass is 19.1. The molecule has 2 aromatic rings.